The Balaban J connectivity index is 2.05. The van der Waals surface area contributed by atoms with Gasteiger partial charge in [-0.05, 0) is 42.5 Å². The standard InChI is InChI=1S/C14H14BrN3/c15-10-1-6-13-14(9-10)18(8-7-17-13)12-4-2-11(16)3-5-12/h1-6,9,17H,7-8,16H2. The minimum absolute atomic E-state index is 0.795. The van der Waals surface area contributed by atoms with E-state index < -0.39 is 0 Å². The van der Waals surface area contributed by atoms with E-state index in [1.54, 1.807) is 0 Å². The predicted molar refractivity (Wildman–Crippen MR) is 80.5 cm³/mol. The number of halogens is 1. The van der Waals surface area contributed by atoms with E-state index in [4.69, 9.17) is 5.73 Å². The summed E-state index contributed by atoms with van der Waals surface area (Å²) >= 11 is 3.53. The van der Waals surface area contributed by atoms with Crippen LogP contribution in [0.25, 0.3) is 0 Å². The molecule has 0 spiro atoms. The highest BCUT2D eigenvalue weighted by Gasteiger charge is 2.17. The number of fused-ring (bicyclic) bond motifs is 1. The molecule has 1 aliphatic rings. The fraction of sp³-hybridized carbons (Fsp3) is 0.143. The summed E-state index contributed by atoms with van der Waals surface area (Å²) in [4.78, 5) is 2.30. The molecule has 0 saturated carbocycles. The monoisotopic (exact) mass is 303 g/mol. The van der Waals surface area contributed by atoms with Crippen LogP contribution in [0.4, 0.5) is 22.7 Å². The van der Waals surface area contributed by atoms with E-state index in [-0.39, 0.29) is 0 Å². The highest BCUT2D eigenvalue weighted by Crippen LogP contribution is 2.36. The van der Waals surface area contributed by atoms with Gasteiger partial charge in [-0.15, -0.1) is 0 Å². The zero-order chi connectivity index (χ0) is 12.5. The van der Waals surface area contributed by atoms with Gasteiger partial charge in [-0.2, -0.15) is 0 Å². The number of anilines is 4. The first-order chi connectivity index (χ1) is 8.74. The number of nitrogens with two attached hydrogens (primary N) is 1. The predicted octanol–water partition coefficient (Wildman–Crippen LogP) is 3.59. The van der Waals surface area contributed by atoms with Gasteiger partial charge in [-0.25, -0.2) is 0 Å². The van der Waals surface area contributed by atoms with Crippen molar-refractivity contribution >= 4 is 38.7 Å². The second-order valence-corrected chi connectivity index (χ2v) is 5.25. The third kappa shape index (κ3) is 2.04. The molecule has 0 aliphatic carbocycles. The van der Waals surface area contributed by atoms with Crippen molar-refractivity contribution < 1.29 is 0 Å². The minimum atomic E-state index is 0.795. The van der Waals surface area contributed by atoms with Gasteiger partial charge in [-0.3, -0.25) is 0 Å². The zero-order valence-electron chi connectivity index (χ0n) is 9.86. The van der Waals surface area contributed by atoms with Crippen molar-refractivity contribution in [2.75, 3.05) is 29.0 Å². The van der Waals surface area contributed by atoms with Gasteiger partial charge in [0.2, 0.25) is 0 Å². The first kappa shape index (κ1) is 11.4. The van der Waals surface area contributed by atoms with Crippen molar-refractivity contribution in [1.29, 1.82) is 0 Å². The number of hydrogen-bond acceptors (Lipinski definition) is 3. The third-order valence-electron chi connectivity index (χ3n) is 3.11. The van der Waals surface area contributed by atoms with E-state index in [9.17, 15) is 0 Å². The fourth-order valence-electron chi connectivity index (χ4n) is 2.22. The van der Waals surface area contributed by atoms with Gasteiger partial charge in [0.1, 0.15) is 0 Å². The normalized spacial score (nSPS) is 13.9. The highest BCUT2D eigenvalue weighted by molar-refractivity contribution is 9.10. The van der Waals surface area contributed by atoms with Crippen LogP contribution in [0.3, 0.4) is 0 Å². The largest absolute Gasteiger partial charge is 0.399 e. The van der Waals surface area contributed by atoms with E-state index in [2.05, 4.69) is 56.5 Å². The van der Waals surface area contributed by atoms with E-state index in [0.29, 0.717) is 0 Å². The maximum absolute atomic E-state index is 5.74. The average Bonchev–Trinajstić information content (AvgIpc) is 2.39. The Morgan fingerprint density at radius 3 is 2.67 bits per heavy atom. The Kier molecular flexibility index (Phi) is 2.88. The van der Waals surface area contributed by atoms with E-state index in [1.807, 2.05) is 12.1 Å². The minimum Gasteiger partial charge on any atom is -0.399 e. The molecule has 0 fully saturated rings. The molecule has 1 aliphatic heterocycles. The molecule has 3 rings (SSSR count). The molecule has 18 heavy (non-hydrogen) atoms. The molecule has 0 radical (unpaired) electrons. The number of rotatable bonds is 1. The molecule has 0 atom stereocenters. The Morgan fingerprint density at radius 2 is 1.89 bits per heavy atom. The molecule has 3 nitrogen and oxygen atoms in total. The molecule has 0 saturated heterocycles. The lowest BCUT2D eigenvalue weighted by atomic mass is 10.1. The van der Waals surface area contributed by atoms with Crippen molar-refractivity contribution in [3.8, 4) is 0 Å². The van der Waals surface area contributed by atoms with Gasteiger partial charge in [0.25, 0.3) is 0 Å². The molecule has 3 N–H and O–H groups in total. The molecule has 0 bridgehead atoms. The van der Waals surface area contributed by atoms with Crippen molar-refractivity contribution in [1.82, 2.24) is 0 Å². The van der Waals surface area contributed by atoms with Crippen molar-refractivity contribution in [2.24, 2.45) is 0 Å². The topological polar surface area (TPSA) is 41.3 Å². The molecule has 92 valence electrons. The summed E-state index contributed by atoms with van der Waals surface area (Å²) in [6.07, 6.45) is 0. The lowest BCUT2D eigenvalue weighted by molar-refractivity contribution is 0.926. The SMILES string of the molecule is Nc1ccc(N2CCNc3ccc(Br)cc32)cc1. The van der Waals surface area contributed by atoms with Gasteiger partial charge in [0.05, 0.1) is 11.4 Å². The van der Waals surface area contributed by atoms with Gasteiger partial charge >= 0.3 is 0 Å². The van der Waals surface area contributed by atoms with Crippen molar-refractivity contribution in [3.63, 3.8) is 0 Å². The third-order valence-corrected chi connectivity index (χ3v) is 3.60. The maximum Gasteiger partial charge on any atom is 0.0658 e. The van der Waals surface area contributed by atoms with Crippen LogP contribution in [-0.2, 0) is 0 Å². The number of nitrogens with one attached hydrogen (secondary N) is 1. The fourth-order valence-corrected chi connectivity index (χ4v) is 2.57. The molecule has 4 heteroatoms. The Morgan fingerprint density at radius 1 is 1.11 bits per heavy atom. The van der Waals surface area contributed by atoms with Crippen LogP contribution in [0.1, 0.15) is 0 Å². The lowest BCUT2D eigenvalue weighted by Crippen LogP contribution is -2.30. The number of nitrogen functional groups attached to an aromatic ring is 1. The highest BCUT2D eigenvalue weighted by atomic mass is 79.9. The van der Waals surface area contributed by atoms with Crippen molar-refractivity contribution in [2.45, 2.75) is 0 Å². The van der Waals surface area contributed by atoms with E-state index in [1.165, 1.54) is 17.1 Å². The number of hydrogen-bond donors (Lipinski definition) is 2. The van der Waals surface area contributed by atoms with E-state index >= 15 is 0 Å². The molecular formula is C14H14BrN3. The van der Waals surface area contributed by atoms with Crippen LogP contribution in [0.2, 0.25) is 0 Å². The molecule has 1 heterocycles. The second kappa shape index (κ2) is 4.53. The summed E-state index contributed by atoms with van der Waals surface area (Å²) in [5.41, 5.74) is 10.1. The Labute approximate surface area is 115 Å². The van der Waals surface area contributed by atoms with Crippen molar-refractivity contribution in [3.05, 3.63) is 46.9 Å². The van der Waals surface area contributed by atoms with Gasteiger partial charge in [-0.1, -0.05) is 15.9 Å². The molecule has 0 amide bonds. The summed E-state index contributed by atoms with van der Waals surface area (Å²) < 4.78 is 1.09. The summed E-state index contributed by atoms with van der Waals surface area (Å²) in [5, 5.41) is 3.41. The smallest absolute Gasteiger partial charge is 0.0658 e. The molecule has 0 aromatic heterocycles. The van der Waals surface area contributed by atoms with Crippen LogP contribution in [0.5, 0.6) is 0 Å². The number of nitrogens with zero attached hydrogens (tertiary/aromatic N) is 1. The first-order valence-corrected chi connectivity index (χ1v) is 6.70. The molecule has 2 aromatic rings. The average molecular weight is 304 g/mol. The summed E-state index contributed by atoms with van der Waals surface area (Å²) in [5.74, 6) is 0. The first-order valence-electron chi connectivity index (χ1n) is 5.90. The second-order valence-electron chi connectivity index (χ2n) is 4.33. The van der Waals surface area contributed by atoms with Crippen LogP contribution in [0, 0.1) is 0 Å². The quantitative estimate of drug-likeness (QED) is 0.791. The summed E-state index contributed by atoms with van der Waals surface area (Å²) in [6.45, 7) is 1.90. The van der Waals surface area contributed by atoms with Crippen LogP contribution in [-0.4, -0.2) is 13.1 Å². The molecule has 2 aromatic carbocycles. The van der Waals surface area contributed by atoms with Gasteiger partial charge in [0, 0.05) is 28.9 Å². The van der Waals surface area contributed by atoms with E-state index in [0.717, 1.165) is 23.2 Å². The molecule has 0 unspecified atom stereocenters. The van der Waals surface area contributed by atoms with Crippen LogP contribution >= 0.6 is 15.9 Å². The van der Waals surface area contributed by atoms with Crippen LogP contribution < -0.4 is 16.0 Å². The van der Waals surface area contributed by atoms with Gasteiger partial charge < -0.3 is 16.0 Å². The summed E-state index contributed by atoms with van der Waals surface area (Å²) in [6, 6.07) is 14.3. The van der Waals surface area contributed by atoms with Gasteiger partial charge in [0.15, 0.2) is 0 Å². The Bertz CT molecular complexity index is 566. The van der Waals surface area contributed by atoms with Crippen LogP contribution in [0.15, 0.2) is 46.9 Å². The molecular weight excluding hydrogens is 290 g/mol. The maximum atomic E-state index is 5.74. The number of benzene rings is 2. The Hall–Kier alpha value is -1.68. The zero-order valence-corrected chi connectivity index (χ0v) is 11.4. The summed E-state index contributed by atoms with van der Waals surface area (Å²) in [7, 11) is 0. The lowest BCUT2D eigenvalue weighted by Gasteiger charge is -2.32.